The third kappa shape index (κ3) is 11.1. The molecule has 0 radical (unpaired) electrons. The minimum Gasteiger partial charge on any atom is -0.491 e. The van der Waals surface area contributed by atoms with E-state index in [1.54, 1.807) is 36.4 Å². The molecule has 0 amide bonds. The van der Waals surface area contributed by atoms with Gasteiger partial charge in [0.1, 0.15) is 42.0 Å². The molecule has 2 aliphatic heterocycles. The topological polar surface area (TPSA) is 122 Å². The van der Waals surface area contributed by atoms with Crippen molar-refractivity contribution in [1.29, 1.82) is 0 Å². The first-order valence-electron chi connectivity index (χ1n) is 13.8. The molecule has 0 aromatic heterocycles. The number of benzene rings is 2. The van der Waals surface area contributed by atoms with Crippen molar-refractivity contribution in [2.45, 2.75) is 44.5 Å². The molecule has 5 rings (SSSR count). The quantitative estimate of drug-likeness (QED) is 0.110. The summed E-state index contributed by atoms with van der Waals surface area (Å²) in [5.41, 5.74) is 1.01. The van der Waals surface area contributed by atoms with Gasteiger partial charge in [0.15, 0.2) is 0 Å². The first kappa shape index (κ1) is 30.4. The van der Waals surface area contributed by atoms with Gasteiger partial charge in [0.2, 0.25) is 0 Å². The molecule has 10 nitrogen and oxygen atoms in total. The molecule has 0 N–H and O–H groups in total. The largest absolute Gasteiger partial charge is 0.491 e. The zero-order valence-corrected chi connectivity index (χ0v) is 23.0. The molecule has 3 fully saturated rings. The Morgan fingerprint density at radius 1 is 0.732 bits per heavy atom. The van der Waals surface area contributed by atoms with E-state index in [4.69, 9.17) is 38.0 Å². The van der Waals surface area contributed by atoms with Crippen molar-refractivity contribution in [1.82, 2.24) is 0 Å². The van der Waals surface area contributed by atoms with Crippen molar-refractivity contribution in [2.24, 2.45) is 11.8 Å². The zero-order chi connectivity index (χ0) is 28.9. The van der Waals surface area contributed by atoms with E-state index in [1.807, 2.05) is 12.1 Å². The van der Waals surface area contributed by atoms with E-state index in [-0.39, 0.29) is 36.0 Å². The van der Waals surface area contributed by atoms with Gasteiger partial charge in [0, 0.05) is 0 Å². The molecule has 2 atom stereocenters. The third-order valence-corrected chi connectivity index (χ3v) is 6.76. The van der Waals surface area contributed by atoms with Gasteiger partial charge in [-0.15, -0.1) is 0 Å². The number of carbonyl (C=O) groups excluding carboxylic acids is 3. The maximum Gasteiger partial charge on any atom is 0.314 e. The van der Waals surface area contributed by atoms with Gasteiger partial charge >= 0.3 is 11.9 Å². The summed E-state index contributed by atoms with van der Waals surface area (Å²) in [5.74, 6) is 1.93. The van der Waals surface area contributed by atoms with Crippen LogP contribution in [0.3, 0.4) is 0 Å². The molecular weight excluding hydrogens is 532 g/mol. The standard InChI is InChI=1S/C29H34O9.C2H2O/c30-28(37-24-7-1-20(2-8-24)15-33-17-27-19-36-27)21-3-5-22(6-4-21)29(31)38-25-11-9-23(10-12-25)34-14-13-32-16-26-18-35-26;1-2-3/h1-2,7-12,21-22,26-27H,3-6,13-19H2;1H2. The lowest BCUT2D eigenvalue weighted by atomic mass is 9.82. The Hall–Kier alpha value is -3.53. The summed E-state index contributed by atoms with van der Waals surface area (Å²) in [4.78, 5) is 33.9. The first-order chi connectivity index (χ1) is 20.0. The molecule has 2 aromatic carbocycles. The zero-order valence-electron chi connectivity index (χ0n) is 23.0. The van der Waals surface area contributed by atoms with Crippen LogP contribution in [0.5, 0.6) is 17.2 Å². The molecule has 41 heavy (non-hydrogen) atoms. The second-order valence-electron chi connectivity index (χ2n) is 10.00. The molecule has 1 saturated carbocycles. The highest BCUT2D eigenvalue weighted by Crippen LogP contribution is 2.31. The monoisotopic (exact) mass is 568 g/mol. The second kappa shape index (κ2) is 16.0. The normalized spacial score (nSPS) is 22.3. The highest BCUT2D eigenvalue weighted by molar-refractivity contribution is 5.77. The molecule has 2 saturated heterocycles. The van der Waals surface area contributed by atoms with Crippen LogP contribution in [0.25, 0.3) is 0 Å². The van der Waals surface area contributed by atoms with Crippen molar-refractivity contribution in [2.75, 3.05) is 39.6 Å². The van der Waals surface area contributed by atoms with Crippen LogP contribution in [-0.4, -0.2) is 69.7 Å². The minimum absolute atomic E-state index is 0.224. The van der Waals surface area contributed by atoms with Crippen molar-refractivity contribution in [3.8, 4) is 17.2 Å². The summed E-state index contributed by atoms with van der Waals surface area (Å²) in [6.45, 7) is 6.86. The second-order valence-corrected chi connectivity index (χ2v) is 10.00. The van der Waals surface area contributed by atoms with Gasteiger partial charge in [-0.05, 0) is 74.2 Å². The molecule has 2 heterocycles. The van der Waals surface area contributed by atoms with Crippen molar-refractivity contribution < 1.29 is 47.5 Å². The summed E-state index contributed by atoms with van der Waals surface area (Å²) in [6, 6.07) is 14.3. The van der Waals surface area contributed by atoms with Crippen LogP contribution in [0.1, 0.15) is 31.2 Å². The van der Waals surface area contributed by atoms with E-state index >= 15 is 0 Å². The van der Waals surface area contributed by atoms with Crippen LogP contribution in [0.15, 0.2) is 55.1 Å². The Morgan fingerprint density at radius 3 is 1.66 bits per heavy atom. The lowest BCUT2D eigenvalue weighted by molar-refractivity contribution is -0.145. The van der Waals surface area contributed by atoms with Crippen molar-refractivity contribution >= 4 is 17.9 Å². The number of rotatable bonds is 14. The van der Waals surface area contributed by atoms with Gasteiger partial charge < -0.3 is 33.2 Å². The smallest absolute Gasteiger partial charge is 0.314 e. The Kier molecular flexibility index (Phi) is 11.9. The summed E-state index contributed by atoms with van der Waals surface area (Å²) in [7, 11) is 0. The molecule has 220 valence electrons. The van der Waals surface area contributed by atoms with Gasteiger partial charge in [0.25, 0.3) is 0 Å². The van der Waals surface area contributed by atoms with E-state index in [1.165, 1.54) is 5.94 Å². The molecule has 10 heteroatoms. The Labute approximate surface area is 239 Å². The number of esters is 2. The van der Waals surface area contributed by atoms with E-state index in [9.17, 15) is 9.59 Å². The fourth-order valence-corrected chi connectivity index (χ4v) is 4.29. The van der Waals surface area contributed by atoms with Crippen LogP contribution < -0.4 is 14.2 Å². The molecule has 2 unspecified atom stereocenters. The Bertz CT molecular complexity index is 1120. The highest BCUT2D eigenvalue weighted by Gasteiger charge is 2.32. The van der Waals surface area contributed by atoms with Gasteiger partial charge in [-0.25, -0.2) is 4.79 Å². The Morgan fingerprint density at radius 2 is 1.17 bits per heavy atom. The molecule has 0 spiro atoms. The van der Waals surface area contributed by atoms with E-state index in [0.717, 1.165) is 18.8 Å². The lowest BCUT2D eigenvalue weighted by Crippen LogP contribution is -2.30. The van der Waals surface area contributed by atoms with Crippen molar-refractivity contribution in [3.63, 3.8) is 0 Å². The van der Waals surface area contributed by atoms with Gasteiger partial charge in [0.05, 0.1) is 51.5 Å². The fraction of sp³-hybridized carbons (Fsp3) is 0.484. The summed E-state index contributed by atoms with van der Waals surface area (Å²) >= 11 is 0. The summed E-state index contributed by atoms with van der Waals surface area (Å²) in [6.07, 6.45) is 2.85. The summed E-state index contributed by atoms with van der Waals surface area (Å²) < 4.78 is 38.0. The minimum atomic E-state index is -0.271. The highest BCUT2D eigenvalue weighted by atomic mass is 16.6. The van der Waals surface area contributed by atoms with Gasteiger partial charge in [-0.3, -0.25) is 9.59 Å². The molecular formula is C31H36O10. The van der Waals surface area contributed by atoms with Gasteiger partial charge in [-0.2, -0.15) is 0 Å². The molecule has 0 bridgehead atoms. The number of epoxide rings is 2. The molecule has 2 aromatic rings. The van der Waals surface area contributed by atoms with Crippen LogP contribution in [0.4, 0.5) is 0 Å². The van der Waals surface area contributed by atoms with Crippen LogP contribution in [0.2, 0.25) is 0 Å². The number of hydrogen-bond donors (Lipinski definition) is 0. The fourth-order valence-electron chi connectivity index (χ4n) is 4.29. The SMILES string of the molecule is C=C=O.O=C(Oc1ccc(COCC2CO2)cc1)C1CCC(C(=O)Oc2ccc(OCCOCC3CO3)cc2)CC1. The van der Waals surface area contributed by atoms with Crippen LogP contribution >= 0.6 is 0 Å². The van der Waals surface area contributed by atoms with Crippen LogP contribution in [-0.2, 0) is 39.9 Å². The van der Waals surface area contributed by atoms with E-state index < -0.39 is 0 Å². The van der Waals surface area contributed by atoms with E-state index in [2.05, 4.69) is 6.58 Å². The lowest BCUT2D eigenvalue weighted by Gasteiger charge is -2.25. The third-order valence-electron chi connectivity index (χ3n) is 6.76. The maximum atomic E-state index is 12.7. The summed E-state index contributed by atoms with van der Waals surface area (Å²) in [5, 5.41) is 0. The predicted molar refractivity (Wildman–Crippen MR) is 146 cm³/mol. The maximum absolute atomic E-state index is 12.7. The average molecular weight is 569 g/mol. The number of ether oxygens (including phenoxy) is 7. The van der Waals surface area contributed by atoms with Crippen LogP contribution in [0, 0.1) is 11.8 Å². The predicted octanol–water partition coefficient (Wildman–Crippen LogP) is 3.72. The first-order valence-corrected chi connectivity index (χ1v) is 13.8. The van der Waals surface area contributed by atoms with Crippen molar-refractivity contribution in [3.05, 3.63) is 60.7 Å². The average Bonchev–Trinajstić information content (AvgIpc) is 3.92. The molecule has 1 aliphatic carbocycles. The van der Waals surface area contributed by atoms with Gasteiger partial charge in [-0.1, -0.05) is 12.1 Å². The van der Waals surface area contributed by atoms with E-state index in [0.29, 0.717) is 76.0 Å². The number of carbonyl (C=O) groups is 2. The Balaban J connectivity index is 0.00000124. The number of hydrogen-bond acceptors (Lipinski definition) is 10. The molecule has 3 aliphatic rings.